The molecule has 13 heavy (non-hydrogen) atoms. The van der Waals surface area contributed by atoms with Gasteiger partial charge in [-0.05, 0) is 18.2 Å². The van der Waals surface area contributed by atoms with Crippen LogP contribution in [0.4, 0.5) is 4.39 Å². The van der Waals surface area contributed by atoms with Gasteiger partial charge in [-0.3, -0.25) is 4.79 Å². The molecule has 0 unspecified atom stereocenters. The fraction of sp³-hybridized carbons (Fsp3) is 0.222. The minimum atomic E-state index is -1.03. The molecule has 2 nitrogen and oxygen atoms in total. The zero-order valence-corrected chi connectivity index (χ0v) is 7.77. The smallest absolute Gasteiger partial charge is 0.197 e. The van der Waals surface area contributed by atoms with Crippen molar-refractivity contribution < 1.29 is 13.9 Å². The molecule has 0 atom stereocenters. The molecule has 0 bridgehead atoms. The van der Waals surface area contributed by atoms with Gasteiger partial charge in [0.15, 0.2) is 12.5 Å². The molecule has 4 heteroatoms. The molecular formula is C9H8ClFO2. The van der Waals surface area contributed by atoms with E-state index in [1.54, 1.807) is 0 Å². The summed E-state index contributed by atoms with van der Waals surface area (Å²) in [6, 6.07) is 4.44. The number of carbonyl (C=O) groups excluding carboxylic acids is 1. The van der Waals surface area contributed by atoms with Crippen molar-refractivity contribution in [3.8, 4) is 5.75 Å². The van der Waals surface area contributed by atoms with Crippen molar-refractivity contribution in [1.82, 2.24) is 0 Å². The van der Waals surface area contributed by atoms with Gasteiger partial charge in [0.1, 0.15) is 5.75 Å². The predicted molar refractivity (Wildman–Crippen MR) is 48.3 cm³/mol. The molecule has 0 N–H and O–H groups in total. The van der Waals surface area contributed by atoms with Crippen LogP contribution in [-0.2, 0) is 0 Å². The van der Waals surface area contributed by atoms with E-state index >= 15 is 0 Å². The van der Waals surface area contributed by atoms with Crippen molar-refractivity contribution in [3.63, 3.8) is 0 Å². The summed E-state index contributed by atoms with van der Waals surface area (Å²) in [5.41, 5.74) is 0.217. The van der Waals surface area contributed by atoms with Crippen molar-refractivity contribution in [3.05, 3.63) is 28.8 Å². The van der Waals surface area contributed by atoms with Crippen LogP contribution < -0.4 is 4.74 Å². The highest BCUT2D eigenvalue weighted by Crippen LogP contribution is 2.23. The van der Waals surface area contributed by atoms with Crippen LogP contribution in [0.25, 0.3) is 0 Å². The molecule has 0 saturated heterocycles. The fourth-order valence-electron chi connectivity index (χ4n) is 0.967. The quantitative estimate of drug-likeness (QED) is 0.704. The maximum Gasteiger partial charge on any atom is 0.197 e. The Labute approximate surface area is 80.3 Å². The summed E-state index contributed by atoms with van der Waals surface area (Å²) in [6.07, 6.45) is 0. The molecule has 0 spiro atoms. The zero-order chi connectivity index (χ0) is 9.84. The number of Topliss-reactive ketones (excluding diaryl/α,β-unsaturated/α-hetero) is 1. The molecule has 0 amide bonds. The Morgan fingerprint density at radius 2 is 2.31 bits per heavy atom. The average molecular weight is 203 g/mol. The summed E-state index contributed by atoms with van der Waals surface area (Å²) in [5.74, 6) is -0.302. The number of benzene rings is 1. The summed E-state index contributed by atoms with van der Waals surface area (Å²) >= 11 is 5.66. The lowest BCUT2D eigenvalue weighted by Gasteiger charge is -2.05. The lowest BCUT2D eigenvalue weighted by atomic mass is 10.1. The molecule has 0 saturated carbocycles. The molecule has 0 aromatic heterocycles. The molecule has 0 fully saturated rings. The first kappa shape index (κ1) is 9.99. The van der Waals surface area contributed by atoms with E-state index in [4.69, 9.17) is 16.3 Å². The second kappa shape index (κ2) is 4.23. The highest BCUT2D eigenvalue weighted by atomic mass is 35.5. The number of methoxy groups -OCH3 is 1. The monoisotopic (exact) mass is 202 g/mol. The van der Waals surface area contributed by atoms with Crippen LogP contribution in [0.3, 0.4) is 0 Å². The SMILES string of the molecule is COc1cc(Cl)ccc1C(=O)CF. The van der Waals surface area contributed by atoms with Crippen LogP contribution in [0.2, 0.25) is 5.02 Å². The van der Waals surface area contributed by atoms with Crippen molar-refractivity contribution in [2.75, 3.05) is 13.8 Å². The topological polar surface area (TPSA) is 26.3 Å². The first-order valence-electron chi connectivity index (χ1n) is 3.61. The number of hydrogen-bond acceptors (Lipinski definition) is 2. The van der Waals surface area contributed by atoms with Crippen LogP contribution >= 0.6 is 11.6 Å². The Bertz CT molecular complexity index is 325. The van der Waals surface area contributed by atoms with Crippen molar-refractivity contribution >= 4 is 17.4 Å². The van der Waals surface area contributed by atoms with E-state index in [1.807, 2.05) is 0 Å². The van der Waals surface area contributed by atoms with Crippen molar-refractivity contribution in [2.45, 2.75) is 0 Å². The molecule has 0 heterocycles. The fourth-order valence-corrected chi connectivity index (χ4v) is 1.13. The van der Waals surface area contributed by atoms with Gasteiger partial charge in [-0.25, -0.2) is 4.39 Å². The molecule has 1 aromatic rings. The van der Waals surface area contributed by atoms with E-state index in [-0.39, 0.29) is 5.56 Å². The van der Waals surface area contributed by atoms with Gasteiger partial charge in [-0.2, -0.15) is 0 Å². The molecule has 0 aliphatic carbocycles. The predicted octanol–water partition coefficient (Wildman–Crippen LogP) is 2.50. The number of ether oxygens (including phenoxy) is 1. The maximum atomic E-state index is 12.1. The van der Waals surface area contributed by atoms with Crippen LogP contribution in [0.15, 0.2) is 18.2 Å². The summed E-state index contributed by atoms with van der Waals surface area (Å²) in [5, 5.41) is 0.451. The second-order valence-corrected chi connectivity index (χ2v) is 2.84. The lowest BCUT2D eigenvalue weighted by Crippen LogP contribution is -2.03. The number of rotatable bonds is 3. The van der Waals surface area contributed by atoms with E-state index < -0.39 is 12.5 Å². The largest absolute Gasteiger partial charge is 0.496 e. The standard InChI is InChI=1S/C9H8ClFO2/c1-13-9-4-6(10)2-3-7(9)8(12)5-11/h2-4H,5H2,1H3. The van der Waals surface area contributed by atoms with Crippen molar-refractivity contribution in [1.29, 1.82) is 0 Å². The average Bonchev–Trinajstić information content (AvgIpc) is 2.16. The second-order valence-electron chi connectivity index (χ2n) is 2.40. The third-order valence-corrected chi connectivity index (χ3v) is 1.82. The normalized spacial score (nSPS) is 9.77. The molecule has 0 aliphatic rings. The lowest BCUT2D eigenvalue weighted by molar-refractivity contribution is 0.0955. The number of halogens is 2. The molecule has 70 valence electrons. The van der Waals surface area contributed by atoms with Gasteiger partial charge < -0.3 is 4.74 Å². The summed E-state index contributed by atoms with van der Waals surface area (Å²) in [7, 11) is 1.40. The van der Waals surface area contributed by atoms with Gasteiger partial charge in [0.25, 0.3) is 0 Å². The third kappa shape index (κ3) is 2.18. The van der Waals surface area contributed by atoms with Crippen LogP contribution in [0.1, 0.15) is 10.4 Å². The molecule has 0 aliphatic heterocycles. The Balaban J connectivity index is 3.13. The van der Waals surface area contributed by atoms with E-state index in [1.165, 1.54) is 25.3 Å². The van der Waals surface area contributed by atoms with E-state index in [0.717, 1.165) is 0 Å². The van der Waals surface area contributed by atoms with Gasteiger partial charge in [-0.15, -0.1) is 0 Å². The Hall–Kier alpha value is -1.09. The van der Waals surface area contributed by atoms with Crippen molar-refractivity contribution in [2.24, 2.45) is 0 Å². The summed E-state index contributed by atoms with van der Waals surface area (Å²) in [4.78, 5) is 11.0. The minimum Gasteiger partial charge on any atom is -0.496 e. The summed E-state index contributed by atoms with van der Waals surface area (Å²) in [6.45, 7) is -1.03. The highest BCUT2D eigenvalue weighted by Gasteiger charge is 2.11. The van der Waals surface area contributed by atoms with Crippen LogP contribution in [0, 0.1) is 0 Å². The molecule has 0 radical (unpaired) electrons. The molecular weight excluding hydrogens is 195 g/mol. The van der Waals surface area contributed by atoms with E-state index in [9.17, 15) is 9.18 Å². The maximum absolute atomic E-state index is 12.1. The Morgan fingerprint density at radius 1 is 1.62 bits per heavy atom. The molecule has 1 rings (SSSR count). The number of ketones is 1. The first-order valence-corrected chi connectivity index (χ1v) is 3.99. The Morgan fingerprint density at radius 3 is 2.85 bits per heavy atom. The van der Waals surface area contributed by atoms with Crippen LogP contribution in [0.5, 0.6) is 5.75 Å². The number of carbonyl (C=O) groups is 1. The van der Waals surface area contributed by atoms with Gasteiger partial charge in [0, 0.05) is 5.02 Å². The number of hydrogen-bond donors (Lipinski definition) is 0. The third-order valence-electron chi connectivity index (χ3n) is 1.59. The summed E-state index contributed by atoms with van der Waals surface area (Å²) < 4.78 is 16.9. The first-order chi connectivity index (χ1) is 6.19. The zero-order valence-electron chi connectivity index (χ0n) is 7.01. The van der Waals surface area contributed by atoms with Crippen LogP contribution in [-0.4, -0.2) is 19.6 Å². The number of alkyl halides is 1. The van der Waals surface area contributed by atoms with Gasteiger partial charge in [0.2, 0.25) is 0 Å². The molecule has 1 aromatic carbocycles. The van der Waals surface area contributed by atoms with Gasteiger partial charge in [0.05, 0.1) is 12.7 Å². The van der Waals surface area contributed by atoms with E-state index in [2.05, 4.69) is 0 Å². The van der Waals surface area contributed by atoms with Gasteiger partial charge >= 0.3 is 0 Å². The highest BCUT2D eigenvalue weighted by molar-refractivity contribution is 6.30. The van der Waals surface area contributed by atoms with Gasteiger partial charge in [-0.1, -0.05) is 11.6 Å². The Kier molecular flexibility index (Phi) is 3.25. The minimum absolute atomic E-state index is 0.217. The van der Waals surface area contributed by atoms with E-state index in [0.29, 0.717) is 10.8 Å².